The maximum atomic E-state index is 13.2. The number of hydrogen-bond donors (Lipinski definition) is 1. The Morgan fingerprint density at radius 3 is 2.47 bits per heavy atom. The largest absolute Gasteiger partial charge is 0.452 e. The topological polar surface area (TPSA) is 119 Å². The zero-order valence-corrected chi connectivity index (χ0v) is 19.9. The number of nitrogens with zero attached hydrogens (tertiary/aromatic N) is 2. The number of aryl methyl sites for hydroxylation is 1. The van der Waals surface area contributed by atoms with Crippen molar-refractivity contribution in [3.63, 3.8) is 0 Å². The molecule has 1 N–H and O–H groups in total. The molecule has 1 aliphatic rings. The summed E-state index contributed by atoms with van der Waals surface area (Å²) in [6.45, 7) is 1.46. The first-order valence-corrected chi connectivity index (χ1v) is 11.5. The first kappa shape index (κ1) is 24.6. The lowest BCUT2D eigenvalue weighted by Crippen LogP contribution is -2.44. The van der Waals surface area contributed by atoms with Crippen molar-refractivity contribution >= 4 is 34.7 Å². The molecule has 36 heavy (non-hydrogen) atoms. The molecule has 4 rings (SSSR count). The van der Waals surface area contributed by atoms with Crippen LogP contribution < -0.4 is 10.2 Å². The van der Waals surface area contributed by atoms with Crippen LogP contribution in [0.25, 0.3) is 0 Å². The number of carbonyl (C=O) groups is 3. The second kappa shape index (κ2) is 10.4. The van der Waals surface area contributed by atoms with Crippen LogP contribution in [-0.4, -0.2) is 42.3 Å². The van der Waals surface area contributed by atoms with Gasteiger partial charge >= 0.3 is 5.97 Å². The number of fused-ring (bicyclic) bond motifs is 1. The van der Waals surface area contributed by atoms with Crippen LogP contribution in [0.4, 0.5) is 17.1 Å². The summed E-state index contributed by atoms with van der Waals surface area (Å²) in [7, 11) is 1.54. The number of anilines is 2. The minimum Gasteiger partial charge on any atom is -0.452 e. The van der Waals surface area contributed by atoms with Crippen molar-refractivity contribution < 1.29 is 24.0 Å². The van der Waals surface area contributed by atoms with Crippen LogP contribution in [0.3, 0.4) is 0 Å². The number of benzene rings is 3. The molecule has 184 valence electrons. The predicted molar refractivity (Wildman–Crippen MR) is 135 cm³/mol. The van der Waals surface area contributed by atoms with Gasteiger partial charge in [-0.05, 0) is 49.6 Å². The highest BCUT2D eigenvalue weighted by Crippen LogP contribution is 2.31. The van der Waals surface area contributed by atoms with Crippen molar-refractivity contribution in [2.24, 2.45) is 0 Å². The fourth-order valence-electron chi connectivity index (χ4n) is 4.39. The first-order valence-electron chi connectivity index (χ1n) is 11.5. The second-order valence-corrected chi connectivity index (χ2v) is 8.47. The van der Waals surface area contributed by atoms with Gasteiger partial charge in [-0.2, -0.15) is 0 Å². The highest BCUT2D eigenvalue weighted by atomic mass is 16.6. The molecule has 0 saturated carbocycles. The molecule has 1 amide bonds. The van der Waals surface area contributed by atoms with E-state index in [1.807, 2.05) is 31.2 Å². The summed E-state index contributed by atoms with van der Waals surface area (Å²) in [5.74, 6) is -1.75. The van der Waals surface area contributed by atoms with E-state index in [4.69, 9.17) is 4.74 Å². The van der Waals surface area contributed by atoms with E-state index >= 15 is 0 Å². The molecule has 0 spiro atoms. The van der Waals surface area contributed by atoms with Crippen LogP contribution in [0.1, 0.15) is 45.2 Å². The number of nitro benzene ring substituents is 1. The molecular formula is C27H25N3O6. The fourth-order valence-corrected chi connectivity index (χ4v) is 4.39. The molecule has 9 heteroatoms. The third-order valence-electron chi connectivity index (χ3n) is 6.24. The number of nitro groups is 1. The van der Waals surface area contributed by atoms with Gasteiger partial charge in [0.1, 0.15) is 5.69 Å². The van der Waals surface area contributed by atoms with Gasteiger partial charge in [-0.3, -0.25) is 19.7 Å². The molecule has 1 heterocycles. The van der Waals surface area contributed by atoms with E-state index in [-0.39, 0.29) is 40.0 Å². The lowest BCUT2D eigenvalue weighted by Gasteiger charge is -2.35. The van der Waals surface area contributed by atoms with Crippen molar-refractivity contribution in [2.75, 3.05) is 23.9 Å². The second-order valence-electron chi connectivity index (χ2n) is 8.47. The van der Waals surface area contributed by atoms with Gasteiger partial charge in [0.25, 0.3) is 11.6 Å². The Bertz CT molecular complexity index is 1350. The fraction of sp³-hybridized carbons (Fsp3) is 0.222. The van der Waals surface area contributed by atoms with Crippen molar-refractivity contribution in [3.8, 4) is 0 Å². The molecule has 0 radical (unpaired) electrons. The zero-order chi connectivity index (χ0) is 25.8. The summed E-state index contributed by atoms with van der Waals surface area (Å²) in [5, 5.41) is 14.1. The molecule has 0 fully saturated rings. The minimum absolute atomic E-state index is 0.0252. The lowest BCUT2D eigenvalue weighted by molar-refractivity contribution is -0.384. The Balaban J connectivity index is 1.54. The van der Waals surface area contributed by atoms with E-state index in [2.05, 4.69) is 5.32 Å². The number of carbonyl (C=O) groups excluding carboxylic acids is 3. The maximum Gasteiger partial charge on any atom is 0.339 e. The van der Waals surface area contributed by atoms with Crippen molar-refractivity contribution in [1.29, 1.82) is 0 Å². The van der Waals surface area contributed by atoms with Gasteiger partial charge in [-0.15, -0.1) is 0 Å². The Kier molecular flexibility index (Phi) is 7.10. The Morgan fingerprint density at radius 2 is 1.75 bits per heavy atom. The number of esters is 1. The zero-order valence-electron chi connectivity index (χ0n) is 19.9. The smallest absolute Gasteiger partial charge is 0.339 e. The molecule has 1 unspecified atom stereocenters. The maximum absolute atomic E-state index is 13.2. The summed E-state index contributed by atoms with van der Waals surface area (Å²) >= 11 is 0. The van der Waals surface area contributed by atoms with Crippen molar-refractivity contribution in [2.45, 2.75) is 25.8 Å². The normalized spacial score (nSPS) is 14.5. The first-order chi connectivity index (χ1) is 17.3. The number of hydrogen-bond acceptors (Lipinski definition) is 7. The van der Waals surface area contributed by atoms with Crippen LogP contribution in [0.2, 0.25) is 0 Å². The van der Waals surface area contributed by atoms with Crippen molar-refractivity contribution in [1.82, 2.24) is 0 Å². The third-order valence-corrected chi connectivity index (χ3v) is 6.24. The van der Waals surface area contributed by atoms with E-state index in [0.29, 0.717) is 0 Å². The van der Waals surface area contributed by atoms with E-state index < -0.39 is 23.3 Å². The van der Waals surface area contributed by atoms with Crippen LogP contribution in [-0.2, 0) is 16.0 Å². The van der Waals surface area contributed by atoms with Gasteiger partial charge in [-0.1, -0.05) is 36.4 Å². The molecular weight excluding hydrogens is 462 g/mol. The molecule has 0 aliphatic carbocycles. The summed E-state index contributed by atoms with van der Waals surface area (Å²) in [6.07, 6.45) is 1.66. The highest BCUT2D eigenvalue weighted by molar-refractivity contribution is 6.15. The summed E-state index contributed by atoms with van der Waals surface area (Å²) in [6, 6.07) is 17.7. The van der Waals surface area contributed by atoms with Gasteiger partial charge in [0.05, 0.1) is 10.5 Å². The molecule has 3 aromatic rings. The molecule has 0 aromatic heterocycles. The van der Waals surface area contributed by atoms with Crippen LogP contribution in [0.15, 0.2) is 66.7 Å². The number of nitrogens with one attached hydrogen (secondary N) is 1. The van der Waals surface area contributed by atoms with Crippen molar-refractivity contribution in [3.05, 3.63) is 99.1 Å². The molecule has 1 atom stereocenters. The van der Waals surface area contributed by atoms with Gasteiger partial charge in [0.2, 0.25) is 0 Å². The quantitative estimate of drug-likeness (QED) is 0.227. The summed E-state index contributed by atoms with van der Waals surface area (Å²) in [4.78, 5) is 51.6. The van der Waals surface area contributed by atoms with Gasteiger partial charge < -0.3 is 15.0 Å². The molecule has 9 nitrogen and oxygen atoms in total. The van der Waals surface area contributed by atoms with E-state index in [0.717, 1.165) is 30.2 Å². The number of ether oxygens (including phenoxy) is 1. The number of amides is 1. The molecule has 3 aromatic carbocycles. The van der Waals surface area contributed by atoms with E-state index in [9.17, 15) is 24.5 Å². The average Bonchev–Trinajstić information content (AvgIpc) is 2.90. The lowest BCUT2D eigenvalue weighted by atomic mass is 9.96. The predicted octanol–water partition coefficient (Wildman–Crippen LogP) is 4.39. The van der Waals surface area contributed by atoms with Gasteiger partial charge in [0, 0.05) is 36.0 Å². The highest BCUT2D eigenvalue weighted by Gasteiger charge is 2.29. The van der Waals surface area contributed by atoms with E-state index in [1.54, 1.807) is 24.1 Å². The summed E-state index contributed by atoms with van der Waals surface area (Å²) < 4.78 is 5.33. The Hall–Kier alpha value is -4.53. The van der Waals surface area contributed by atoms with Gasteiger partial charge in [0.15, 0.2) is 12.4 Å². The number of ketones is 1. The van der Waals surface area contributed by atoms with Crippen LogP contribution >= 0.6 is 0 Å². The number of rotatable bonds is 7. The molecule has 0 bridgehead atoms. The third kappa shape index (κ3) is 4.81. The standard InChI is InChI=1S/C27H25N3O6/c1-17-11-12-18-7-3-6-10-23(18)29(17)25(31)16-36-27(33)21-9-5-4-8-20(21)26(32)19-13-14-22(28-2)24(15-19)30(34)35/h3-10,13-15,17,28H,11-12,16H2,1-2H3. The SMILES string of the molecule is CNc1ccc(C(=O)c2ccccc2C(=O)OCC(=O)N2c3ccccc3CCC2C)cc1[N+](=O)[O-]. The molecule has 0 saturated heterocycles. The Labute approximate surface area is 207 Å². The van der Waals surface area contributed by atoms with Gasteiger partial charge in [-0.25, -0.2) is 4.79 Å². The average molecular weight is 488 g/mol. The van der Waals surface area contributed by atoms with Crippen LogP contribution in [0.5, 0.6) is 0 Å². The number of para-hydroxylation sites is 1. The monoisotopic (exact) mass is 487 g/mol. The van der Waals surface area contributed by atoms with Crippen LogP contribution in [0, 0.1) is 10.1 Å². The minimum atomic E-state index is -0.827. The summed E-state index contributed by atoms with van der Waals surface area (Å²) in [5.41, 5.74) is 1.92. The molecule has 1 aliphatic heterocycles. The van der Waals surface area contributed by atoms with E-state index in [1.165, 1.54) is 24.3 Å². The Morgan fingerprint density at radius 1 is 1.06 bits per heavy atom.